The van der Waals surface area contributed by atoms with Gasteiger partial charge in [-0.1, -0.05) is 23.7 Å². The first-order valence-corrected chi connectivity index (χ1v) is 7.97. The molecule has 0 saturated heterocycles. The molecule has 6 heteroatoms. The van der Waals surface area contributed by atoms with Crippen molar-refractivity contribution in [3.63, 3.8) is 0 Å². The quantitative estimate of drug-likeness (QED) is 0.416. The summed E-state index contributed by atoms with van der Waals surface area (Å²) in [4.78, 5) is 4.52. The minimum Gasteiger partial charge on any atom is -0.487 e. The summed E-state index contributed by atoms with van der Waals surface area (Å²) >= 11 is 6.08. The highest BCUT2D eigenvalue weighted by Gasteiger charge is 2.07. The first-order valence-electron chi connectivity index (χ1n) is 7.59. The van der Waals surface area contributed by atoms with Gasteiger partial charge in [0.1, 0.15) is 11.9 Å². The van der Waals surface area contributed by atoms with Crippen molar-refractivity contribution in [1.29, 1.82) is 0 Å². The number of nitrogens with zero attached hydrogens (tertiary/aromatic N) is 1. The molecule has 1 unspecified atom stereocenters. The van der Waals surface area contributed by atoms with Crippen LogP contribution >= 0.6 is 11.6 Å². The predicted molar refractivity (Wildman–Crippen MR) is 92.0 cm³/mol. The topological polar surface area (TPSA) is 54.9 Å². The standard InChI is InChI=1S/C16H26ClN3O2/c1-4-18-16(19-10-7-11-21-3)20-12-13(2)22-15-9-6-5-8-14(15)17/h5-6,8-9,13H,4,7,10-12H2,1-3H3,(H2,18,19,20). The van der Waals surface area contributed by atoms with E-state index in [1.165, 1.54) is 0 Å². The van der Waals surface area contributed by atoms with Crippen LogP contribution in [-0.2, 0) is 4.74 Å². The van der Waals surface area contributed by atoms with Crippen LogP contribution in [0.25, 0.3) is 0 Å². The molecule has 0 aliphatic heterocycles. The van der Waals surface area contributed by atoms with Crippen LogP contribution in [0.5, 0.6) is 5.75 Å². The van der Waals surface area contributed by atoms with Gasteiger partial charge >= 0.3 is 0 Å². The van der Waals surface area contributed by atoms with Crippen LogP contribution in [0.2, 0.25) is 5.02 Å². The summed E-state index contributed by atoms with van der Waals surface area (Å²) in [5.41, 5.74) is 0. The van der Waals surface area contributed by atoms with E-state index in [0.29, 0.717) is 17.3 Å². The molecule has 1 aromatic carbocycles. The molecule has 5 nitrogen and oxygen atoms in total. The fourth-order valence-electron chi connectivity index (χ4n) is 1.78. The van der Waals surface area contributed by atoms with E-state index in [-0.39, 0.29) is 6.10 Å². The van der Waals surface area contributed by atoms with Crippen molar-refractivity contribution >= 4 is 17.6 Å². The second-order valence-corrected chi connectivity index (χ2v) is 5.26. The highest BCUT2D eigenvalue weighted by molar-refractivity contribution is 6.32. The first-order chi connectivity index (χ1) is 10.7. The predicted octanol–water partition coefficient (Wildman–Crippen LogP) is 2.70. The SMILES string of the molecule is CCNC(=NCC(C)Oc1ccccc1Cl)NCCCOC. The van der Waals surface area contributed by atoms with Gasteiger partial charge in [0, 0.05) is 26.8 Å². The van der Waals surface area contributed by atoms with Crippen molar-refractivity contribution < 1.29 is 9.47 Å². The Hall–Kier alpha value is -1.46. The number of para-hydroxylation sites is 1. The number of nitrogens with one attached hydrogen (secondary N) is 2. The second-order valence-electron chi connectivity index (χ2n) is 4.85. The number of guanidine groups is 1. The van der Waals surface area contributed by atoms with Crippen molar-refractivity contribution in [2.75, 3.05) is 33.4 Å². The van der Waals surface area contributed by atoms with Crippen LogP contribution in [0.3, 0.4) is 0 Å². The molecule has 1 rings (SSSR count). The van der Waals surface area contributed by atoms with Crippen LogP contribution in [0.4, 0.5) is 0 Å². The largest absolute Gasteiger partial charge is 0.487 e. The molecule has 0 fully saturated rings. The van der Waals surface area contributed by atoms with Gasteiger partial charge in [0.15, 0.2) is 5.96 Å². The summed E-state index contributed by atoms with van der Waals surface area (Å²) in [7, 11) is 1.70. The third-order valence-electron chi connectivity index (χ3n) is 2.83. The van der Waals surface area contributed by atoms with E-state index < -0.39 is 0 Å². The van der Waals surface area contributed by atoms with Crippen LogP contribution in [-0.4, -0.2) is 45.4 Å². The molecule has 0 saturated carbocycles. The molecule has 0 aliphatic rings. The van der Waals surface area contributed by atoms with Crippen molar-refractivity contribution in [3.8, 4) is 5.75 Å². The molecule has 0 spiro atoms. The number of hydrogen-bond donors (Lipinski definition) is 2. The number of methoxy groups -OCH3 is 1. The maximum Gasteiger partial charge on any atom is 0.191 e. The average Bonchev–Trinajstić information content (AvgIpc) is 2.51. The van der Waals surface area contributed by atoms with Crippen molar-refractivity contribution in [1.82, 2.24) is 10.6 Å². The van der Waals surface area contributed by atoms with Gasteiger partial charge in [-0.25, -0.2) is 4.99 Å². The van der Waals surface area contributed by atoms with Gasteiger partial charge in [-0.15, -0.1) is 0 Å². The summed E-state index contributed by atoms with van der Waals surface area (Å²) in [5.74, 6) is 1.47. The average molecular weight is 328 g/mol. The van der Waals surface area contributed by atoms with Gasteiger partial charge in [-0.2, -0.15) is 0 Å². The van der Waals surface area contributed by atoms with Gasteiger partial charge in [0.2, 0.25) is 0 Å². The van der Waals surface area contributed by atoms with E-state index in [1.54, 1.807) is 7.11 Å². The summed E-state index contributed by atoms with van der Waals surface area (Å²) in [6, 6.07) is 7.45. The van der Waals surface area contributed by atoms with Crippen molar-refractivity contribution in [3.05, 3.63) is 29.3 Å². The Morgan fingerprint density at radius 1 is 1.32 bits per heavy atom. The number of hydrogen-bond acceptors (Lipinski definition) is 3. The van der Waals surface area contributed by atoms with E-state index in [4.69, 9.17) is 21.1 Å². The highest BCUT2D eigenvalue weighted by atomic mass is 35.5. The number of ether oxygens (including phenoxy) is 2. The summed E-state index contributed by atoms with van der Waals surface area (Å²) in [5, 5.41) is 7.08. The molecule has 1 atom stereocenters. The van der Waals surface area contributed by atoms with Gasteiger partial charge in [0.05, 0.1) is 11.6 Å². The normalized spacial score (nSPS) is 12.8. The monoisotopic (exact) mass is 327 g/mol. The Morgan fingerprint density at radius 3 is 2.77 bits per heavy atom. The molecule has 0 radical (unpaired) electrons. The molecule has 1 aromatic rings. The Labute approximate surface area is 138 Å². The summed E-state index contributed by atoms with van der Waals surface area (Å²) in [6.07, 6.45) is 0.876. The fourth-order valence-corrected chi connectivity index (χ4v) is 1.96. The number of halogens is 1. The lowest BCUT2D eigenvalue weighted by Crippen LogP contribution is -2.38. The zero-order chi connectivity index (χ0) is 16.2. The van der Waals surface area contributed by atoms with Crippen LogP contribution < -0.4 is 15.4 Å². The molecule has 0 aromatic heterocycles. The summed E-state index contributed by atoms with van der Waals surface area (Å²) < 4.78 is 10.8. The van der Waals surface area contributed by atoms with E-state index in [2.05, 4.69) is 15.6 Å². The number of benzene rings is 1. The highest BCUT2D eigenvalue weighted by Crippen LogP contribution is 2.24. The van der Waals surface area contributed by atoms with Crippen LogP contribution in [0.15, 0.2) is 29.3 Å². The van der Waals surface area contributed by atoms with E-state index in [9.17, 15) is 0 Å². The van der Waals surface area contributed by atoms with Crippen molar-refractivity contribution in [2.45, 2.75) is 26.4 Å². The Bertz CT molecular complexity index is 455. The van der Waals surface area contributed by atoms with Gasteiger partial charge in [-0.05, 0) is 32.4 Å². The molecule has 0 amide bonds. The first kappa shape index (κ1) is 18.6. The van der Waals surface area contributed by atoms with Gasteiger partial charge in [-0.3, -0.25) is 0 Å². The molecule has 0 aliphatic carbocycles. The zero-order valence-electron chi connectivity index (χ0n) is 13.6. The molecular weight excluding hydrogens is 302 g/mol. The molecule has 2 N–H and O–H groups in total. The van der Waals surface area contributed by atoms with E-state index in [0.717, 1.165) is 32.1 Å². The van der Waals surface area contributed by atoms with E-state index >= 15 is 0 Å². The van der Waals surface area contributed by atoms with Gasteiger partial charge < -0.3 is 20.1 Å². The maximum absolute atomic E-state index is 6.08. The molecular formula is C16H26ClN3O2. The minimum absolute atomic E-state index is 0.0608. The molecule has 22 heavy (non-hydrogen) atoms. The second kappa shape index (κ2) is 11.2. The van der Waals surface area contributed by atoms with E-state index in [1.807, 2.05) is 38.1 Å². The summed E-state index contributed by atoms with van der Waals surface area (Å²) in [6.45, 7) is 6.93. The third-order valence-corrected chi connectivity index (χ3v) is 3.15. The smallest absolute Gasteiger partial charge is 0.191 e. The fraction of sp³-hybridized carbons (Fsp3) is 0.562. The molecule has 0 heterocycles. The minimum atomic E-state index is -0.0608. The van der Waals surface area contributed by atoms with Crippen LogP contribution in [0, 0.1) is 0 Å². The lowest BCUT2D eigenvalue weighted by molar-refractivity contribution is 0.195. The lowest BCUT2D eigenvalue weighted by Gasteiger charge is -2.15. The Kier molecular flexibility index (Phi) is 9.42. The lowest BCUT2D eigenvalue weighted by atomic mass is 10.3. The number of aliphatic imine (C=N–C) groups is 1. The zero-order valence-corrected chi connectivity index (χ0v) is 14.3. The molecule has 124 valence electrons. The Morgan fingerprint density at radius 2 is 2.09 bits per heavy atom. The third kappa shape index (κ3) is 7.52. The maximum atomic E-state index is 6.08. The number of rotatable bonds is 9. The van der Waals surface area contributed by atoms with Gasteiger partial charge in [0.25, 0.3) is 0 Å². The molecule has 0 bridgehead atoms. The van der Waals surface area contributed by atoms with Crippen molar-refractivity contribution in [2.24, 2.45) is 4.99 Å². The Balaban J connectivity index is 2.45. The van der Waals surface area contributed by atoms with Crippen LogP contribution in [0.1, 0.15) is 20.3 Å².